The summed E-state index contributed by atoms with van der Waals surface area (Å²) in [6.07, 6.45) is 0. The van der Waals surface area contributed by atoms with Gasteiger partial charge in [-0.05, 0) is 26.0 Å². The molecule has 2 aromatic carbocycles. The third-order valence-corrected chi connectivity index (χ3v) is 4.43. The molecular formula is C22H24N4O2. The number of benzene rings is 2. The van der Waals surface area contributed by atoms with Crippen molar-refractivity contribution in [1.82, 2.24) is 9.97 Å². The first kappa shape index (κ1) is 19.4. The number of anilines is 3. The number of carbonyl (C=O) groups excluding carboxylic acids is 1. The van der Waals surface area contributed by atoms with Gasteiger partial charge in [-0.25, -0.2) is 9.78 Å². The highest BCUT2D eigenvalue weighted by Crippen LogP contribution is 2.26. The van der Waals surface area contributed by atoms with Crippen LogP contribution in [-0.2, 0) is 4.74 Å². The zero-order chi connectivity index (χ0) is 19.9. The second kappa shape index (κ2) is 8.99. The number of rotatable bonds is 7. The monoisotopic (exact) mass is 376 g/mol. The molecule has 3 rings (SSSR count). The van der Waals surface area contributed by atoms with Gasteiger partial charge in [-0.15, -0.1) is 0 Å². The van der Waals surface area contributed by atoms with Gasteiger partial charge in [0.05, 0.1) is 24.1 Å². The number of methoxy groups -OCH3 is 1. The number of esters is 1. The van der Waals surface area contributed by atoms with E-state index in [2.05, 4.69) is 29.0 Å². The molecule has 3 aromatic rings. The van der Waals surface area contributed by atoms with Crippen LogP contribution < -0.4 is 10.2 Å². The molecule has 0 saturated heterocycles. The summed E-state index contributed by atoms with van der Waals surface area (Å²) in [5, 5.41) is 3.26. The van der Waals surface area contributed by atoms with Crippen LogP contribution in [0, 0.1) is 0 Å². The van der Waals surface area contributed by atoms with Crippen LogP contribution in [-0.4, -0.2) is 36.1 Å². The maximum Gasteiger partial charge on any atom is 0.339 e. The van der Waals surface area contributed by atoms with Crippen molar-refractivity contribution < 1.29 is 9.53 Å². The number of nitrogens with zero attached hydrogens (tertiary/aromatic N) is 3. The average Bonchev–Trinajstić information content (AvgIpc) is 2.75. The molecular weight excluding hydrogens is 352 g/mol. The molecule has 6 heteroatoms. The number of ether oxygens (including phenoxy) is 1. The number of para-hydroxylation sites is 1. The number of carbonyl (C=O) groups is 1. The molecule has 0 atom stereocenters. The molecule has 0 unspecified atom stereocenters. The first-order chi connectivity index (χ1) is 13.7. The van der Waals surface area contributed by atoms with Gasteiger partial charge >= 0.3 is 5.97 Å². The van der Waals surface area contributed by atoms with E-state index in [0.717, 1.165) is 24.3 Å². The Hall–Kier alpha value is -3.41. The Morgan fingerprint density at radius 2 is 1.68 bits per heavy atom. The number of nitrogens with one attached hydrogen (secondary N) is 1. The van der Waals surface area contributed by atoms with Gasteiger partial charge in [0.15, 0.2) is 0 Å². The van der Waals surface area contributed by atoms with E-state index in [9.17, 15) is 4.79 Å². The van der Waals surface area contributed by atoms with Crippen LogP contribution >= 0.6 is 0 Å². The van der Waals surface area contributed by atoms with Gasteiger partial charge in [0, 0.05) is 24.7 Å². The van der Waals surface area contributed by atoms with Gasteiger partial charge in [0.25, 0.3) is 0 Å². The van der Waals surface area contributed by atoms with Gasteiger partial charge in [-0.3, -0.25) is 0 Å². The maximum atomic E-state index is 12.1. The van der Waals surface area contributed by atoms with Crippen molar-refractivity contribution in [2.45, 2.75) is 13.8 Å². The molecule has 144 valence electrons. The van der Waals surface area contributed by atoms with Crippen LogP contribution in [0.5, 0.6) is 0 Å². The molecule has 1 aromatic heterocycles. The van der Waals surface area contributed by atoms with Crippen molar-refractivity contribution in [1.29, 1.82) is 0 Å². The minimum atomic E-state index is -0.399. The minimum Gasteiger partial charge on any atom is -0.465 e. The fourth-order valence-electron chi connectivity index (χ4n) is 2.92. The lowest BCUT2D eigenvalue weighted by Crippen LogP contribution is -2.24. The Balaban J connectivity index is 2.06. The lowest BCUT2D eigenvalue weighted by atomic mass is 10.1. The first-order valence-electron chi connectivity index (χ1n) is 9.30. The van der Waals surface area contributed by atoms with Crippen LogP contribution in [0.15, 0.2) is 60.7 Å². The predicted molar refractivity (Wildman–Crippen MR) is 112 cm³/mol. The molecule has 0 radical (unpaired) electrons. The molecule has 0 spiro atoms. The van der Waals surface area contributed by atoms with E-state index >= 15 is 0 Å². The number of hydrogen-bond donors (Lipinski definition) is 1. The summed E-state index contributed by atoms with van der Waals surface area (Å²) in [5.41, 5.74) is 2.91. The quantitative estimate of drug-likeness (QED) is 0.612. The Kier molecular flexibility index (Phi) is 6.22. The topological polar surface area (TPSA) is 67.4 Å². The predicted octanol–water partition coefficient (Wildman–Crippen LogP) is 4.52. The fraction of sp³-hybridized carbons (Fsp3) is 0.227. The zero-order valence-corrected chi connectivity index (χ0v) is 16.3. The highest BCUT2D eigenvalue weighted by Gasteiger charge is 2.15. The summed E-state index contributed by atoms with van der Waals surface area (Å²) in [4.78, 5) is 23.6. The highest BCUT2D eigenvalue weighted by atomic mass is 16.5. The van der Waals surface area contributed by atoms with Crippen molar-refractivity contribution in [3.63, 3.8) is 0 Å². The molecule has 0 bridgehead atoms. The standard InChI is InChI=1S/C22H24N4O2/c1-4-26(5-2)22-24-19(16-11-7-6-8-12-16)15-20(25-22)23-18-14-10-9-13-17(18)21(27)28-3/h6-15H,4-5H2,1-3H3,(H,23,24,25). The van der Waals surface area contributed by atoms with Crippen molar-refractivity contribution in [3.8, 4) is 11.3 Å². The van der Waals surface area contributed by atoms with Crippen molar-refractivity contribution in [2.75, 3.05) is 30.4 Å². The summed E-state index contributed by atoms with van der Waals surface area (Å²) < 4.78 is 4.88. The van der Waals surface area contributed by atoms with Crippen molar-refractivity contribution in [3.05, 3.63) is 66.2 Å². The van der Waals surface area contributed by atoms with E-state index < -0.39 is 5.97 Å². The Labute approximate surface area is 165 Å². The van der Waals surface area contributed by atoms with Crippen molar-refractivity contribution >= 4 is 23.4 Å². The largest absolute Gasteiger partial charge is 0.465 e. The van der Waals surface area contributed by atoms with Crippen LogP contribution in [0.1, 0.15) is 24.2 Å². The van der Waals surface area contributed by atoms with Crippen LogP contribution in [0.2, 0.25) is 0 Å². The summed E-state index contributed by atoms with van der Waals surface area (Å²) in [6.45, 7) is 5.74. The third kappa shape index (κ3) is 4.28. The van der Waals surface area contributed by atoms with Gasteiger partial charge in [0.1, 0.15) is 5.82 Å². The molecule has 28 heavy (non-hydrogen) atoms. The van der Waals surface area contributed by atoms with Gasteiger partial charge in [0.2, 0.25) is 5.95 Å². The normalized spacial score (nSPS) is 10.4. The number of aromatic nitrogens is 2. The van der Waals surface area contributed by atoms with Crippen LogP contribution in [0.3, 0.4) is 0 Å². The molecule has 0 saturated carbocycles. The molecule has 0 aliphatic rings. The molecule has 0 fully saturated rings. The Morgan fingerprint density at radius 1 is 1.00 bits per heavy atom. The average molecular weight is 376 g/mol. The zero-order valence-electron chi connectivity index (χ0n) is 16.3. The third-order valence-electron chi connectivity index (χ3n) is 4.43. The second-order valence-electron chi connectivity index (χ2n) is 6.14. The number of hydrogen-bond acceptors (Lipinski definition) is 6. The van der Waals surface area contributed by atoms with E-state index in [1.54, 1.807) is 12.1 Å². The van der Waals surface area contributed by atoms with E-state index in [1.165, 1.54) is 7.11 Å². The van der Waals surface area contributed by atoms with Gasteiger partial charge < -0.3 is 15.0 Å². The summed E-state index contributed by atoms with van der Waals surface area (Å²) in [7, 11) is 1.37. The van der Waals surface area contributed by atoms with Gasteiger partial charge in [-0.1, -0.05) is 42.5 Å². The van der Waals surface area contributed by atoms with E-state index in [4.69, 9.17) is 9.72 Å². The van der Waals surface area contributed by atoms with E-state index in [0.29, 0.717) is 23.0 Å². The second-order valence-corrected chi connectivity index (χ2v) is 6.14. The van der Waals surface area contributed by atoms with Crippen LogP contribution in [0.4, 0.5) is 17.5 Å². The Morgan fingerprint density at radius 3 is 2.36 bits per heavy atom. The maximum absolute atomic E-state index is 12.1. The molecule has 0 aliphatic heterocycles. The Bertz CT molecular complexity index is 940. The van der Waals surface area contributed by atoms with E-state index in [1.807, 2.05) is 48.5 Å². The lowest BCUT2D eigenvalue weighted by molar-refractivity contribution is 0.0602. The summed E-state index contributed by atoms with van der Waals surface area (Å²) >= 11 is 0. The van der Waals surface area contributed by atoms with Crippen LogP contribution in [0.25, 0.3) is 11.3 Å². The first-order valence-corrected chi connectivity index (χ1v) is 9.30. The molecule has 0 aliphatic carbocycles. The summed E-state index contributed by atoms with van der Waals surface area (Å²) in [5.74, 6) is 0.862. The fourth-order valence-corrected chi connectivity index (χ4v) is 2.92. The minimum absolute atomic E-state index is 0.399. The lowest BCUT2D eigenvalue weighted by Gasteiger charge is -2.20. The van der Waals surface area contributed by atoms with Crippen molar-refractivity contribution in [2.24, 2.45) is 0 Å². The molecule has 0 amide bonds. The van der Waals surface area contributed by atoms with Gasteiger partial charge in [-0.2, -0.15) is 4.98 Å². The highest BCUT2D eigenvalue weighted by molar-refractivity contribution is 5.96. The van der Waals surface area contributed by atoms with E-state index in [-0.39, 0.29) is 0 Å². The molecule has 1 N–H and O–H groups in total. The SMILES string of the molecule is CCN(CC)c1nc(Nc2ccccc2C(=O)OC)cc(-c2ccccc2)n1. The molecule has 6 nitrogen and oxygen atoms in total. The smallest absolute Gasteiger partial charge is 0.339 e. The summed E-state index contributed by atoms with van der Waals surface area (Å²) in [6, 6.07) is 19.1. The molecule has 1 heterocycles.